The van der Waals surface area contributed by atoms with Crippen LogP contribution in [0.25, 0.3) is 0 Å². The number of hydrogen-bond donors (Lipinski definition) is 0. The fraction of sp³-hybridized carbons (Fsp3) is 0.167. The molecule has 0 fully saturated rings. The van der Waals surface area contributed by atoms with E-state index in [9.17, 15) is 9.59 Å². The van der Waals surface area contributed by atoms with Gasteiger partial charge in [-0.25, -0.2) is 0 Å². The highest BCUT2D eigenvalue weighted by Gasteiger charge is 2.21. The van der Waals surface area contributed by atoms with Crippen molar-refractivity contribution < 1.29 is 9.59 Å². The zero-order valence-corrected chi connectivity index (χ0v) is 7.69. The quantitative estimate of drug-likeness (QED) is 0.659. The first kappa shape index (κ1) is 8.88. The molecule has 1 aliphatic carbocycles. The van der Waals surface area contributed by atoms with E-state index in [-0.39, 0.29) is 18.0 Å². The van der Waals surface area contributed by atoms with Crippen LogP contribution in [-0.4, -0.2) is 11.6 Å². The van der Waals surface area contributed by atoms with Gasteiger partial charge in [0.2, 0.25) is 0 Å². The summed E-state index contributed by atoms with van der Waals surface area (Å²) in [6.07, 6.45) is 2.10. The smallest absolute Gasteiger partial charge is 0.167 e. The van der Waals surface area contributed by atoms with Crippen LogP contribution < -0.4 is 0 Å². The van der Waals surface area contributed by atoms with Crippen molar-refractivity contribution in [3.8, 4) is 0 Å². The van der Waals surface area contributed by atoms with Gasteiger partial charge in [-0.3, -0.25) is 9.59 Å². The lowest BCUT2D eigenvalue weighted by molar-refractivity contribution is -0.120. The summed E-state index contributed by atoms with van der Waals surface area (Å²) < 4.78 is 0. The van der Waals surface area contributed by atoms with Crippen LogP contribution in [0.2, 0.25) is 0 Å². The van der Waals surface area contributed by atoms with E-state index in [0.717, 1.165) is 5.56 Å². The molecule has 1 aliphatic rings. The van der Waals surface area contributed by atoms with E-state index in [1.807, 2.05) is 30.3 Å². The average molecular weight is 186 g/mol. The van der Waals surface area contributed by atoms with Crippen LogP contribution >= 0.6 is 0 Å². The Morgan fingerprint density at radius 2 is 1.79 bits per heavy atom. The Balaban J connectivity index is 2.16. The Morgan fingerprint density at radius 1 is 1.07 bits per heavy atom. The Morgan fingerprint density at radius 3 is 2.36 bits per heavy atom. The molecular weight excluding hydrogens is 176 g/mol. The minimum atomic E-state index is -0.0686. The van der Waals surface area contributed by atoms with Crippen LogP contribution in [0.15, 0.2) is 42.0 Å². The van der Waals surface area contributed by atoms with Crippen molar-refractivity contribution in [2.75, 3.05) is 0 Å². The molecule has 0 amide bonds. The van der Waals surface area contributed by atoms with Crippen LogP contribution in [-0.2, 0) is 16.0 Å². The zero-order chi connectivity index (χ0) is 9.97. The normalized spacial score (nSPS) is 15.9. The SMILES string of the molecule is O=C1C=C(Cc2ccccc2)C(=O)C1. The Bertz CT molecular complexity index is 402. The van der Waals surface area contributed by atoms with Gasteiger partial charge in [0.15, 0.2) is 11.6 Å². The summed E-state index contributed by atoms with van der Waals surface area (Å²) >= 11 is 0. The molecule has 14 heavy (non-hydrogen) atoms. The fourth-order valence-corrected chi connectivity index (χ4v) is 1.56. The van der Waals surface area contributed by atoms with Gasteiger partial charge in [-0.2, -0.15) is 0 Å². The van der Waals surface area contributed by atoms with Crippen LogP contribution in [0.3, 0.4) is 0 Å². The molecule has 0 radical (unpaired) electrons. The number of allylic oxidation sites excluding steroid dienone is 2. The van der Waals surface area contributed by atoms with Gasteiger partial charge in [0.1, 0.15) is 0 Å². The highest BCUT2D eigenvalue weighted by Crippen LogP contribution is 2.16. The molecule has 70 valence electrons. The molecule has 2 heteroatoms. The molecular formula is C12H10O2. The molecule has 2 nitrogen and oxygen atoms in total. The molecule has 0 saturated heterocycles. The van der Waals surface area contributed by atoms with Crippen molar-refractivity contribution >= 4 is 11.6 Å². The highest BCUT2D eigenvalue weighted by atomic mass is 16.2. The molecule has 0 N–H and O–H groups in total. The van der Waals surface area contributed by atoms with Crippen molar-refractivity contribution in [3.05, 3.63) is 47.5 Å². The largest absolute Gasteiger partial charge is 0.294 e. The number of Topliss-reactive ketones (excluding diaryl/α,β-unsaturated/α-hetero) is 1. The van der Waals surface area contributed by atoms with E-state index in [2.05, 4.69) is 0 Å². The Labute approximate surface area is 82.2 Å². The molecule has 1 aromatic carbocycles. The topological polar surface area (TPSA) is 34.1 Å². The molecule has 0 heterocycles. The lowest BCUT2D eigenvalue weighted by Crippen LogP contribution is -2.00. The first-order valence-corrected chi connectivity index (χ1v) is 4.56. The summed E-state index contributed by atoms with van der Waals surface area (Å²) in [5.41, 5.74) is 1.71. The molecule has 0 unspecified atom stereocenters. The van der Waals surface area contributed by atoms with Crippen molar-refractivity contribution in [1.29, 1.82) is 0 Å². The van der Waals surface area contributed by atoms with Gasteiger partial charge in [0.25, 0.3) is 0 Å². The third kappa shape index (κ3) is 1.79. The van der Waals surface area contributed by atoms with E-state index >= 15 is 0 Å². The molecule has 0 bridgehead atoms. The number of rotatable bonds is 2. The van der Waals surface area contributed by atoms with E-state index in [1.54, 1.807) is 0 Å². The lowest BCUT2D eigenvalue weighted by atomic mass is 10.0. The van der Waals surface area contributed by atoms with Gasteiger partial charge in [-0.05, 0) is 11.6 Å². The number of carbonyl (C=O) groups excluding carboxylic acids is 2. The van der Waals surface area contributed by atoms with Crippen molar-refractivity contribution in [2.45, 2.75) is 12.8 Å². The minimum absolute atomic E-state index is 0.0288. The summed E-state index contributed by atoms with van der Waals surface area (Å²) in [4.78, 5) is 22.3. The first-order chi connectivity index (χ1) is 6.75. The summed E-state index contributed by atoms with van der Waals surface area (Å²) in [5, 5.41) is 0. The predicted molar refractivity (Wildman–Crippen MR) is 52.9 cm³/mol. The third-order valence-electron chi connectivity index (χ3n) is 2.27. The van der Waals surface area contributed by atoms with E-state index in [0.29, 0.717) is 12.0 Å². The summed E-state index contributed by atoms with van der Waals surface area (Å²) in [6, 6.07) is 9.70. The maximum Gasteiger partial charge on any atom is 0.167 e. The van der Waals surface area contributed by atoms with Crippen molar-refractivity contribution in [1.82, 2.24) is 0 Å². The average Bonchev–Trinajstić information content (AvgIpc) is 2.47. The third-order valence-corrected chi connectivity index (χ3v) is 2.27. The van der Waals surface area contributed by atoms with Crippen LogP contribution in [0, 0.1) is 0 Å². The number of benzene rings is 1. The molecule has 0 atom stereocenters. The van der Waals surface area contributed by atoms with Gasteiger partial charge in [0.05, 0.1) is 6.42 Å². The summed E-state index contributed by atoms with van der Waals surface area (Å²) in [6.45, 7) is 0. The summed E-state index contributed by atoms with van der Waals surface area (Å²) in [7, 11) is 0. The highest BCUT2D eigenvalue weighted by molar-refractivity contribution is 6.19. The molecule has 1 aromatic rings. The second-order valence-electron chi connectivity index (χ2n) is 3.40. The Hall–Kier alpha value is -1.70. The van der Waals surface area contributed by atoms with Gasteiger partial charge in [-0.1, -0.05) is 30.3 Å². The molecule has 0 spiro atoms. The van der Waals surface area contributed by atoms with Crippen LogP contribution in [0.1, 0.15) is 12.0 Å². The van der Waals surface area contributed by atoms with E-state index in [4.69, 9.17) is 0 Å². The fourth-order valence-electron chi connectivity index (χ4n) is 1.56. The first-order valence-electron chi connectivity index (χ1n) is 4.56. The summed E-state index contributed by atoms with van der Waals surface area (Å²) in [5.74, 6) is -0.0974. The molecule has 0 aliphatic heterocycles. The number of carbonyl (C=O) groups is 2. The van der Waals surface area contributed by atoms with Crippen LogP contribution in [0.5, 0.6) is 0 Å². The number of hydrogen-bond acceptors (Lipinski definition) is 2. The maximum atomic E-state index is 11.3. The van der Waals surface area contributed by atoms with E-state index < -0.39 is 0 Å². The Kier molecular flexibility index (Phi) is 2.27. The van der Waals surface area contributed by atoms with Gasteiger partial charge >= 0.3 is 0 Å². The standard InChI is InChI=1S/C12H10O2/c13-11-7-10(12(14)8-11)6-9-4-2-1-3-5-9/h1-5,7H,6,8H2. The molecule has 0 saturated carbocycles. The second kappa shape index (κ2) is 3.58. The van der Waals surface area contributed by atoms with Crippen LogP contribution in [0.4, 0.5) is 0 Å². The zero-order valence-electron chi connectivity index (χ0n) is 7.69. The number of ketones is 2. The monoisotopic (exact) mass is 186 g/mol. The lowest BCUT2D eigenvalue weighted by Gasteiger charge is -1.99. The van der Waals surface area contributed by atoms with Crippen molar-refractivity contribution in [3.63, 3.8) is 0 Å². The van der Waals surface area contributed by atoms with Gasteiger partial charge < -0.3 is 0 Å². The second-order valence-corrected chi connectivity index (χ2v) is 3.40. The molecule has 2 rings (SSSR count). The van der Waals surface area contributed by atoms with Gasteiger partial charge in [0, 0.05) is 12.0 Å². The minimum Gasteiger partial charge on any atom is -0.294 e. The predicted octanol–water partition coefficient (Wildman–Crippen LogP) is 1.70. The van der Waals surface area contributed by atoms with Gasteiger partial charge in [-0.15, -0.1) is 0 Å². The van der Waals surface area contributed by atoms with E-state index in [1.165, 1.54) is 6.08 Å². The maximum absolute atomic E-state index is 11.3. The molecule has 0 aromatic heterocycles. The van der Waals surface area contributed by atoms with Crippen molar-refractivity contribution in [2.24, 2.45) is 0 Å².